The third-order valence-corrected chi connectivity index (χ3v) is 11.8. The van der Waals surface area contributed by atoms with Gasteiger partial charge in [-0.1, -0.05) is 54.4 Å². The van der Waals surface area contributed by atoms with Crippen LogP contribution in [-0.2, 0) is 20.7 Å². The number of nitrogens with zero attached hydrogens (tertiary/aromatic N) is 2. The summed E-state index contributed by atoms with van der Waals surface area (Å²) in [6.45, 7) is 11.9. The predicted octanol–water partition coefficient (Wildman–Crippen LogP) is 7.27. The second-order valence-corrected chi connectivity index (χ2v) is 16.9. The standard InChI is InChI=1S/C40H55N3O6/c1-7-28-33-21-43(34(28)35(44)22(2)3)38(45)36(40(4,5)6)42-39(46)49-32-19-25-18-30(25)29(32)12-10-8-9-11-24-17-23-13-14-27(47-26-15-16-26)20-31(23)41-37(24)48-33/h13-14,17,20,22,25-26,28-30,32-34,36H,7-12,15-16,18-19,21H2,1-6H3,(H,42,46). The fourth-order valence-corrected chi connectivity index (χ4v) is 8.80. The Morgan fingerprint density at radius 2 is 1.82 bits per heavy atom. The summed E-state index contributed by atoms with van der Waals surface area (Å²) < 4.78 is 19.1. The van der Waals surface area contributed by atoms with Crippen LogP contribution in [0.4, 0.5) is 4.79 Å². The molecule has 1 aromatic carbocycles. The van der Waals surface area contributed by atoms with E-state index in [1.165, 1.54) is 6.42 Å². The van der Waals surface area contributed by atoms with Gasteiger partial charge >= 0.3 is 6.09 Å². The summed E-state index contributed by atoms with van der Waals surface area (Å²) in [7, 11) is 0. The van der Waals surface area contributed by atoms with Gasteiger partial charge in [0.25, 0.3) is 0 Å². The third kappa shape index (κ3) is 7.14. The van der Waals surface area contributed by atoms with Gasteiger partial charge in [0, 0.05) is 28.9 Å². The molecule has 3 aliphatic carbocycles. The molecule has 49 heavy (non-hydrogen) atoms. The molecule has 0 spiro atoms. The normalized spacial score (nSPS) is 32.3. The van der Waals surface area contributed by atoms with E-state index >= 15 is 0 Å². The number of hydrogen-bond donors (Lipinski definition) is 1. The summed E-state index contributed by atoms with van der Waals surface area (Å²) in [5.74, 6) is 2.28. The van der Waals surface area contributed by atoms with E-state index in [0.29, 0.717) is 30.1 Å². The molecule has 7 rings (SSSR count). The fourth-order valence-electron chi connectivity index (χ4n) is 8.80. The second-order valence-electron chi connectivity index (χ2n) is 16.9. The van der Waals surface area contributed by atoms with Gasteiger partial charge in [-0.15, -0.1) is 0 Å². The van der Waals surface area contributed by atoms with Crippen LogP contribution in [-0.4, -0.2) is 64.6 Å². The lowest BCUT2D eigenvalue weighted by Gasteiger charge is -2.36. The van der Waals surface area contributed by atoms with Gasteiger partial charge in [-0.3, -0.25) is 9.59 Å². The molecule has 2 amide bonds. The average Bonchev–Trinajstić information content (AvgIpc) is 3.96. The van der Waals surface area contributed by atoms with Gasteiger partial charge in [0.1, 0.15) is 24.0 Å². The molecule has 1 saturated heterocycles. The maximum atomic E-state index is 14.6. The molecule has 4 fully saturated rings. The minimum absolute atomic E-state index is 0.00834. The molecular weight excluding hydrogens is 618 g/mol. The number of ether oxygens (including phenoxy) is 3. The summed E-state index contributed by atoms with van der Waals surface area (Å²) in [5.41, 5.74) is 1.25. The summed E-state index contributed by atoms with van der Waals surface area (Å²) in [4.78, 5) is 48.9. The number of rotatable bonds is 5. The molecule has 2 aliphatic heterocycles. The Morgan fingerprint density at radius 1 is 1.02 bits per heavy atom. The number of amides is 2. The first kappa shape index (κ1) is 34.1. The zero-order chi connectivity index (χ0) is 34.6. The third-order valence-electron chi connectivity index (χ3n) is 11.8. The number of aryl methyl sites for hydroxylation is 1. The second kappa shape index (κ2) is 13.4. The van der Waals surface area contributed by atoms with Crippen LogP contribution in [0.5, 0.6) is 11.6 Å². The highest BCUT2D eigenvalue weighted by Crippen LogP contribution is 2.57. The Labute approximate surface area is 291 Å². The van der Waals surface area contributed by atoms with Crippen molar-refractivity contribution in [1.29, 1.82) is 0 Å². The molecule has 1 N–H and O–H groups in total. The number of ketones is 1. The van der Waals surface area contributed by atoms with Crippen LogP contribution in [0.2, 0.25) is 0 Å². The maximum Gasteiger partial charge on any atom is 0.408 e. The first-order valence-corrected chi connectivity index (χ1v) is 19.0. The lowest BCUT2D eigenvalue weighted by Crippen LogP contribution is -2.58. The van der Waals surface area contributed by atoms with E-state index in [0.717, 1.165) is 73.6 Å². The highest BCUT2D eigenvalue weighted by atomic mass is 16.6. The Bertz CT molecular complexity index is 1580. The lowest BCUT2D eigenvalue weighted by atomic mass is 9.84. The summed E-state index contributed by atoms with van der Waals surface area (Å²) in [5, 5.41) is 4.03. The molecule has 2 aromatic rings. The van der Waals surface area contributed by atoms with E-state index in [1.807, 2.05) is 46.8 Å². The van der Waals surface area contributed by atoms with Crippen molar-refractivity contribution in [2.75, 3.05) is 6.54 Å². The van der Waals surface area contributed by atoms with Gasteiger partial charge in [0.15, 0.2) is 5.78 Å². The van der Waals surface area contributed by atoms with E-state index < -0.39 is 29.7 Å². The van der Waals surface area contributed by atoms with Crippen LogP contribution in [0, 0.1) is 35.0 Å². The fraction of sp³-hybridized carbons (Fsp3) is 0.700. The van der Waals surface area contributed by atoms with Crippen LogP contribution in [0.3, 0.4) is 0 Å². The number of fused-ring (bicyclic) bond motifs is 7. The maximum absolute atomic E-state index is 14.6. The molecule has 8 atom stereocenters. The Hall–Kier alpha value is -3.36. The van der Waals surface area contributed by atoms with E-state index in [1.54, 1.807) is 4.90 Å². The van der Waals surface area contributed by atoms with Gasteiger partial charge in [-0.25, -0.2) is 9.78 Å². The minimum atomic E-state index is -0.869. The molecule has 2 bridgehead atoms. The molecule has 5 aliphatic rings. The summed E-state index contributed by atoms with van der Waals surface area (Å²) in [6, 6.07) is 6.78. The molecule has 8 unspecified atom stereocenters. The molecule has 3 heterocycles. The Balaban J connectivity index is 1.26. The van der Waals surface area contributed by atoms with Crippen LogP contribution in [0.25, 0.3) is 10.9 Å². The number of aromatic nitrogens is 1. The SMILES string of the molecule is CCC1C2CN(C(=O)C(C(C)(C)C)NC(=O)OC3CC4CC4C3CCCCCc3cc4ccc(OC5CC5)cc4nc3O2)C1C(=O)C(C)C. The van der Waals surface area contributed by atoms with Crippen molar-refractivity contribution in [3.05, 3.63) is 29.8 Å². The van der Waals surface area contributed by atoms with Crippen LogP contribution in [0.15, 0.2) is 24.3 Å². The number of alkyl carbamates (subject to hydrolysis) is 1. The number of Topliss-reactive ketones (excluding diaryl/α,β-unsaturated/α-hetero) is 1. The van der Waals surface area contributed by atoms with Crippen molar-refractivity contribution in [3.63, 3.8) is 0 Å². The van der Waals surface area contributed by atoms with E-state index in [-0.39, 0.29) is 42.3 Å². The lowest BCUT2D eigenvalue weighted by molar-refractivity contribution is -0.143. The molecule has 0 radical (unpaired) electrons. The zero-order valence-corrected chi connectivity index (χ0v) is 30.2. The van der Waals surface area contributed by atoms with E-state index in [4.69, 9.17) is 19.2 Å². The van der Waals surface area contributed by atoms with Gasteiger partial charge in [0.2, 0.25) is 11.8 Å². The largest absolute Gasteiger partial charge is 0.490 e. The van der Waals surface area contributed by atoms with Gasteiger partial charge in [0.05, 0.1) is 24.2 Å². The number of carbonyl (C=O) groups excluding carboxylic acids is 3. The number of nitrogens with one attached hydrogen (secondary N) is 1. The highest BCUT2D eigenvalue weighted by Gasteiger charge is 2.55. The first-order valence-electron chi connectivity index (χ1n) is 19.0. The predicted molar refractivity (Wildman–Crippen MR) is 187 cm³/mol. The summed E-state index contributed by atoms with van der Waals surface area (Å²) >= 11 is 0. The van der Waals surface area contributed by atoms with Crippen LogP contribution >= 0.6 is 0 Å². The monoisotopic (exact) mass is 673 g/mol. The summed E-state index contributed by atoms with van der Waals surface area (Å²) in [6.07, 6.45) is 9.15. The Morgan fingerprint density at radius 3 is 2.53 bits per heavy atom. The number of hydrogen-bond acceptors (Lipinski definition) is 7. The van der Waals surface area contributed by atoms with E-state index in [2.05, 4.69) is 24.4 Å². The van der Waals surface area contributed by atoms with Crippen molar-refractivity contribution in [1.82, 2.24) is 15.2 Å². The van der Waals surface area contributed by atoms with Crippen LogP contribution < -0.4 is 14.8 Å². The molecule has 3 saturated carbocycles. The van der Waals surface area contributed by atoms with Gasteiger partial charge in [-0.05, 0) is 92.7 Å². The molecule has 1 aromatic heterocycles. The molecular formula is C40H55N3O6. The topological polar surface area (TPSA) is 107 Å². The first-order chi connectivity index (χ1) is 23.4. The van der Waals surface area contributed by atoms with E-state index in [9.17, 15) is 14.4 Å². The van der Waals surface area contributed by atoms with Crippen molar-refractivity contribution >= 4 is 28.7 Å². The minimum Gasteiger partial charge on any atom is -0.490 e. The Kier molecular flexibility index (Phi) is 9.33. The van der Waals surface area contributed by atoms with Crippen molar-refractivity contribution in [3.8, 4) is 11.6 Å². The number of carbonyl (C=O) groups is 3. The van der Waals surface area contributed by atoms with Crippen molar-refractivity contribution in [2.24, 2.45) is 35.0 Å². The highest BCUT2D eigenvalue weighted by molar-refractivity contribution is 5.94. The molecule has 9 nitrogen and oxygen atoms in total. The van der Waals surface area contributed by atoms with Gasteiger partial charge in [-0.2, -0.15) is 0 Å². The van der Waals surface area contributed by atoms with Gasteiger partial charge < -0.3 is 24.4 Å². The smallest absolute Gasteiger partial charge is 0.408 e. The zero-order valence-electron chi connectivity index (χ0n) is 30.2. The average molecular weight is 674 g/mol. The molecule has 9 heteroatoms. The number of benzene rings is 1. The quantitative estimate of drug-likeness (QED) is 0.356. The van der Waals surface area contributed by atoms with Crippen LogP contribution in [0.1, 0.15) is 105 Å². The number of pyridine rings is 1. The van der Waals surface area contributed by atoms with Crippen molar-refractivity contribution < 1.29 is 28.6 Å². The molecule has 266 valence electrons. The van der Waals surface area contributed by atoms with Crippen molar-refractivity contribution in [2.45, 2.75) is 136 Å².